The Morgan fingerprint density at radius 2 is 1.57 bits per heavy atom. The molecule has 2 amide bonds. The molecule has 6 rings (SSSR count). The van der Waals surface area contributed by atoms with Crippen LogP contribution in [-0.4, -0.2) is 101 Å². The molecule has 322 valence electrons. The Morgan fingerprint density at radius 1 is 0.931 bits per heavy atom. The number of carbonyl (C=O) groups is 5. The number of carbonyl (C=O) groups excluding carboxylic acids is 4. The molecule has 1 aromatic carbocycles. The van der Waals surface area contributed by atoms with Crippen LogP contribution >= 0.6 is 0 Å². The lowest BCUT2D eigenvalue weighted by Crippen LogP contribution is -2.65. The summed E-state index contributed by atoms with van der Waals surface area (Å²) in [6, 6.07) is 2.58. The second-order valence-electron chi connectivity index (χ2n) is 20.0. The quantitative estimate of drug-likeness (QED) is 0.0902. The normalized spacial score (nSPS) is 24.4. The van der Waals surface area contributed by atoms with Gasteiger partial charge in [-0.3, -0.25) is 9.59 Å². The summed E-state index contributed by atoms with van der Waals surface area (Å²) in [5.41, 5.74) is -2.38. The summed E-state index contributed by atoms with van der Waals surface area (Å²) in [5.74, 6) is -1.15. The van der Waals surface area contributed by atoms with Crippen molar-refractivity contribution in [3.8, 4) is 11.5 Å². The number of carboxylic acid groups (broad SMARTS) is 1. The topological polar surface area (TPSA) is 185 Å². The van der Waals surface area contributed by atoms with Crippen LogP contribution in [-0.2, 0) is 39.5 Å². The third kappa shape index (κ3) is 11.0. The zero-order chi connectivity index (χ0) is 43.2. The van der Waals surface area contributed by atoms with Crippen molar-refractivity contribution in [2.75, 3.05) is 13.1 Å². The summed E-state index contributed by atoms with van der Waals surface area (Å²) >= 11 is 0. The molecule has 15 nitrogen and oxygen atoms in total. The van der Waals surface area contributed by atoms with Gasteiger partial charge in [-0.05, 0) is 130 Å². The summed E-state index contributed by atoms with van der Waals surface area (Å²) in [6.07, 6.45) is 0.109. The Hall–Kier alpha value is -4.05. The maximum Gasteiger partial charge on any atom is 0.514 e. The first-order valence-corrected chi connectivity index (χ1v) is 20.4. The maximum atomic E-state index is 14.0. The fourth-order valence-corrected chi connectivity index (χ4v) is 8.48. The first-order chi connectivity index (χ1) is 26.6. The smallest absolute Gasteiger partial charge is 0.486 e. The molecule has 5 fully saturated rings. The lowest BCUT2D eigenvalue weighted by atomic mass is 9.43. The zero-order valence-corrected chi connectivity index (χ0v) is 36.3. The van der Waals surface area contributed by atoms with Gasteiger partial charge in [0, 0.05) is 18.9 Å². The summed E-state index contributed by atoms with van der Waals surface area (Å²) in [6.45, 7) is 22.4. The number of rotatable bonds is 13. The van der Waals surface area contributed by atoms with Gasteiger partial charge in [0.1, 0.15) is 34.2 Å². The number of aliphatic carboxylic acids is 1. The van der Waals surface area contributed by atoms with Crippen molar-refractivity contribution in [2.45, 2.75) is 169 Å². The molecule has 2 heterocycles. The van der Waals surface area contributed by atoms with Crippen molar-refractivity contribution in [2.24, 2.45) is 17.3 Å². The third-order valence-electron chi connectivity index (χ3n) is 11.4. The average molecular weight is 815 g/mol. The Kier molecular flexibility index (Phi) is 12.8. The number of hydrogen-bond acceptors (Lipinski definition) is 12. The van der Waals surface area contributed by atoms with Crippen LogP contribution in [0, 0.1) is 17.3 Å². The Balaban J connectivity index is 1.34. The molecule has 58 heavy (non-hydrogen) atoms. The van der Waals surface area contributed by atoms with Gasteiger partial charge in [-0.15, -0.1) is 0 Å². The zero-order valence-electron chi connectivity index (χ0n) is 36.3. The Morgan fingerprint density at radius 3 is 2.16 bits per heavy atom. The summed E-state index contributed by atoms with van der Waals surface area (Å²) < 4.78 is 42.0. The highest BCUT2D eigenvalue weighted by atomic mass is 16.7. The van der Waals surface area contributed by atoms with Crippen molar-refractivity contribution in [3.63, 3.8) is 0 Å². The fourth-order valence-electron chi connectivity index (χ4n) is 8.48. The second-order valence-corrected chi connectivity index (χ2v) is 20.0. The maximum absolute atomic E-state index is 14.0. The minimum atomic E-state index is -1.06. The van der Waals surface area contributed by atoms with E-state index >= 15 is 0 Å². The number of ether oxygens (including phenoxy) is 5. The van der Waals surface area contributed by atoms with Gasteiger partial charge in [0.2, 0.25) is 5.91 Å². The molecule has 0 spiro atoms. The molecule has 3 saturated carbocycles. The van der Waals surface area contributed by atoms with Gasteiger partial charge in [-0.2, -0.15) is 0 Å². The Bertz CT molecular complexity index is 1740. The van der Waals surface area contributed by atoms with Crippen LogP contribution in [0.15, 0.2) is 12.1 Å². The SMILES string of the molecule is CC(C)(C)OC(=O)NC(CCC(=O)O)CC(=O)N1CC(Oc2ccc(CCB3O[C@@H]4C[C@@H]5C[C@@H](C5(C)C)[C@]4(C)O3)c(OC(=O)OC(C)(C)C)c2C(=O)OC(C)(C)C)C1. The number of esters is 1. The lowest BCUT2D eigenvalue weighted by molar-refractivity contribution is -0.199. The molecule has 2 N–H and O–H groups in total. The molecule has 1 aromatic rings. The van der Waals surface area contributed by atoms with Gasteiger partial charge in [-0.1, -0.05) is 19.9 Å². The van der Waals surface area contributed by atoms with Crippen molar-refractivity contribution in [1.29, 1.82) is 0 Å². The highest BCUT2D eigenvalue weighted by Crippen LogP contribution is 2.65. The molecule has 2 bridgehead atoms. The predicted octanol–water partition coefficient (Wildman–Crippen LogP) is 6.96. The monoisotopic (exact) mass is 814 g/mol. The van der Waals surface area contributed by atoms with Crippen LogP contribution in [0.2, 0.25) is 6.32 Å². The van der Waals surface area contributed by atoms with Crippen LogP contribution in [0.4, 0.5) is 9.59 Å². The largest absolute Gasteiger partial charge is 0.514 e. The van der Waals surface area contributed by atoms with Crippen LogP contribution < -0.4 is 14.8 Å². The number of alkyl carbamates (subject to hydrolysis) is 1. The molecule has 2 saturated heterocycles. The highest BCUT2D eigenvalue weighted by Gasteiger charge is 2.67. The van der Waals surface area contributed by atoms with Crippen LogP contribution in [0.1, 0.15) is 131 Å². The number of carboxylic acids is 1. The van der Waals surface area contributed by atoms with Crippen molar-refractivity contribution >= 4 is 37.2 Å². The number of hydrogen-bond donors (Lipinski definition) is 2. The predicted molar refractivity (Wildman–Crippen MR) is 213 cm³/mol. The molecule has 3 aliphatic carbocycles. The second kappa shape index (κ2) is 16.5. The van der Waals surface area contributed by atoms with E-state index in [0.29, 0.717) is 30.1 Å². The number of benzene rings is 1. The molecule has 2 aliphatic heterocycles. The molecular weight excluding hydrogens is 751 g/mol. The molecule has 16 heteroatoms. The molecule has 0 radical (unpaired) electrons. The minimum absolute atomic E-state index is 0.00866. The number of amides is 2. The number of aryl methyl sites for hydroxylation is 1. The van der Waals surface area contributed by atoms with Crippen molar-refractivity contribution in [1.82, 2.24) is 10.2 Å². The van der Waals surface area contributed by atoms with Gasteiger partial charge in [-0.25, -0.2) is 14.4 Å². The van der Waals surface area contributed by atoms with Gasteiger partial charge in [0.25, 0.3) is 0 Å². The molecule has 5 atom stereocenters. The first-order valence-electron chi connectivity index (χ1n) is 20.4. The van der Waals surface area contributed by atoms with E-state index in [4.69, 9.17) is 33.0 Å². The van der Waals surface area contributed by atoms with E-state index in [1.54, 1.807) is 74.4 Å². The average Bonchev–Trinajstić information content (AvgIpc) is 3.37. The Labute approximate surface area is 342 Å². The van der Waals surface area contributed by atoms with E-state index < -0.39 is 65.9 Å². The highest BCUT2D eigenvalue weighted by molar-refractivity contribution is 6.45. The van der Waals surface area contributed by atoms with Crippen LogP contribution in [0.5, 0.6) is 11.5 Å². The fraction of sp³-hybridized carbons (Fsp3) is 0.738. The molecule has 1 unspecified atom stereocenters. The van der Waals surface area contributed by atoms with Gasteiger partial charge >= 0.3 is 31.3 Å². The van der Waals surface area contributed by atoms with E-state index in [0.717, 1.165) is 12.8 Å². The van der Waals surface area contributed by atoms with E-state index in [1.165, 1.54) is 4.90 Å². The molecular formula is C42H63BN2O13. The summed E-state index contributed by atoms with van der Waals surface area (Å²) in [4.78, 5) is 65.8. The summed E-state index contributed by atoms with van der Waals surface area (Å²) in [5, 5.41) is 11.9. The standard InChI is InChI=1S/C42H63BN2O13/c1-38(2,3)54-35(49)33-28(52-27-22-45(23-27)31(46)21-26(14-16-32(47)48)44-36(50)55-39(4,5)6)15-13-24(34(33)53-37(51)56-40(7,8)9)17-18-43-57-30-20-25-19-29(41(25,10)11)42(30,12)58-43/h13,15,25-27,29-30H,14,16-23H2,1-12H3,(H,44,50)(H,47,48)/t25-,26?,29-,30+,42-/m0/s1. The number of nitrogens with zero attached hydrogens (tertiary/aromatic N) is 1. The lowest BCUT2D eigenvalue weighted by Gasteiger charge is -2.64. The molecule has 5 aliphatic rings. The van der Waals surface area contributed by atoms with E-state index in [-0.39, 0.29) is 66.8 Å². The van der Waals surface area contributed by atoms with Gasteiger partial charge < -0.3 is 48.3 Å². The number of nitrogens with one attached hydrogen (secondary N) is 1. The van der Waals surface area contributed by atoms with Crippen LogP contribution in [0.3, 0.4) is 0 Å². The van der Waals surface area contributed by atoms with Crippen molar-refractivity contribution in [3.05, 3.63) is 23.3 Å². The van der Waals surface area contributed by atoms with E-state index in [9.17, 15) is 29.1 Å². The van der Waals surface area contributed by atoms with Gasteiger partial charge in [0.15, 0.2) is 5.75 Å². The van der Waals surface area contributed by atoms with E-state index in [2.05, 4.69) is 26.1 Å². The third-order valence-corrected chi connectivity index (χ3v) is 11.4. The summed E-state index contributed by atoms with van der Waals surface area (Å²) in [7, 11) is -0.498. The van der Waals surface area contributed by atoms with Gasteiger partial charge in [0.05, 0.1) is 24.8 Å². The van der Waals surface area contributed by atoms with Crippen LogP contribution in [0.25, 0.3) is 0 Å². The van der Waals surface area contributed by atoms with Crippen molar-refractivity contribution < 1.29 is 62.1 Å². The number of likely N-dealkylation sites (tertiary alicyclic amines) is 1. The van der Waals surface area contributed by atoms with E-state index in [1.807, 2.05) is 0 Å². The molecule has 0 aromatic heterocycles. The minimum Gasteiger partial charge on any atom is -0.486 e. The first kappa shape index (κ1) is 45.0.